The number of oxime groups is 1. The highest BCUT2D eigenvalue weighted by molar-refractivity contribution is 6.47. The number of hydrogen-bond donors (Lipinski definition) is 1. The SMILES string of the molecule is CON=C(C1=NCCON1)c1ccccc1Oc1ncnc(Oc2cccc(Cl)c2)c1F. The van der Waals surface area contributed by atoms with Crippen LogP contribution in [0.25, 0.3) is 0 Å². The number of hydrogen-bond acceptors (Lipinski definition) is 9. The van der Waals surface area contributed by atoms with E-state index in [1.807, 2.05) is 0 Å². The van der Waals surface area contributed by atoms with Crippen molar-refractivity contribution >= 4 is 23.1 Å². The number of rotatable bonds is 7. The molecular weight excluding hydrogens is 441 g/mol. The highest BCUT2D eigenvalue weighted by Crippen LogP contribution is 2.32. The van der Waals surface area contributed by atoms with Gasteiger partial charge in [-0.25, -0.2) is 5.48 Å². The third-order valence-corrected chi connectivity index (χ3v) is 4.36. The van der Waals surface area contributed by atoms with Gasteiger partial charge in [0, 0.05) is 5.02 Å². The van der Waals surface area contributed by atoms with Gasteiger partial charge in [-0.1, -0.05) is 35.0 Å². The van der Waals surface area contributed by atoms with E-state index in [4.69, 9.17) is 30.7 Å². The van der Waals surface area contributed by atoms with E-state index in [0.29, 0.717) is 41.0 Å². The second-order valence-corrected chi connectivity index (χ2v) is 6.70. The van der Waals surface area contributed by atoms with Crippen molar-refractivity contribution < 1.29 is 23.5 Å². The summed E-state index contributed by atoms with van der Waals surface area (Å²) >= 11 is 5.95. The molecule has 0 atom stereocenters. The van der Waals surface area contributed by atoms with E-state index in [2.05, 4.69) is 25.6 Å². The van der Waals surface area contributed by atoms with Crippen LogP contribution in [0.3, 0.4) is 0 Å². The second kappa shape index (κ2) is 10.0. The molecule has 1 aromatic heterocycles. The summed E-state index contributed by atoms with van der Waals surface area (Å²) in [5, 5.41) is 4.46. The van der Waals surface area contributed by atoms with Crippen molar-refractivity contribution in [2.45, 2.75) is 0 Å². The van der Waals surface area contributed by atoms with Gasteiger partial charge < -0.3 is 14.3 Å². The van der Waals surface area contributed by atoms with Crippen molar-refractivity contribution in [3.05, 3.63) is 71.3 Å². The van der Waals surface area contributed by atoms with E-state index in [0.717, 1.165) is 6.33 Å². The minimum absolute atomic E-state index is 0.254. The first-order chi connectivity index (χ1) is 15.7. The third kappa shape index (κ3) is 4.93. The third-order valence-electron chi connectivity index (χ3n) is 4.12. The average molecular weight is 458 g/mol. The Balaban J connectivity index is 1.65. The van der Waals surface area contributed by atoms with Crippen molar-refractivity contribution in [2.75, 3.05) is 20.3 Å². The molecule has 1 aliphatic heterocycles. The Morgan fingerprint density at radius 2 is 1.94 bits per heavy atom. The topological polar surface area (TPSA) is 99.5 Å². The smallest absolute Gasteiger partial charge is 0.263 e. The van der Waals surface area contributed by atoms with Gasteiger partial charge in [-0.3, -0.25) is 9.83 Å². The monoisotopic (exact) mass is 457 g/mol. The Hall–Kier alpha value is -3.76. The summed E-state index contributed by atoms with van der Waals surface area (Å²) in [5.74, 6) is -0.614. The van der Waals surface area contributed by atoms with Crippen LogP contribution in [0.4, 0.5) is 4.39 Å². The minimum Gasteiger partial charge on any atom is -0.436 e. The maximum absolute atomic E-state index is 15.1. The molecule has 1 aliphatic rings. The van der Waals surface area contributed by atoms with Crippen LogP contribution in [0.1, 0.15) is 5.56 Å². The molecule has 9 nitrogen and oxygen atoms in total. The van der Waals surface area contributed by atoms with Crippen LogP contribution in [0, 0.1) is 5.82 Å². The van der Waals surface area contributed by atoms with Crippen LogP contribution < -0.4 is 15.0 Å². The number of para-hydroxylation sites is 1. The lowest BCUT2D eigenvalue weighted by atomic mass is 10.1. The van der Waals surface area contributed by atoms with Crippen LogP contribution in [0.15, 0.2) is 65.0 Å². The molecule has 1 N–H and O–H groups in total. The largest absolute Gasteiger partial charge is 0.436 e. The van der Waals surface area contributed by atoms with Crippen LogP contribution in [-0.2, 0) is 9.68 Å². The summed E-state index contributed by atoms with van der Waals surface area (Å²) in [4.78, 5) is 22.3. The number of benzene rings is 2. The number of hydroxylamine groups is 1. The van der Waals surface area contributed by atoms with E-state index in [-0.39, 0.29) is 17.5 Å². The molecule has 2 aromatic carbocycles. The second-order valence-electron chi connectivity index (χ2n) is 6.26. The van der Waals surface area contributed by atoms with Crippen LogP contribution in [-0.4, -0.2) is 41.8 Å². The Labute approximate surface area is 187 Å². The van der Waals surface area contributed by atoms with Crippen LogP contribution in [0.5, 0.6) is 23.3 Å². The van der Waals surface area contributed by atoms with Crippen molar-refractivity contribution in [3.8, 4) is 23.3 Å². The van der Waals surface area contributed by atoms with Gasteiger partial charge in [-0.15, -0.1) is 0 Å². The summed E-state index contributed by atoms with van der Waals surface area (Å²) in [6, 6.07) is 13.3. The Bertz CT molecular complexity index is 1170. The molecule has 0 aliphatic carbocycles. The number of halogens is 2. The molecule has 164 valence electrons. The van der Waals surface area contributed by atoms with Gasteiger partial charge in [0.05, 0.1) is 18.7 Å². The Morgan fingerprint density at radius 3 is 2.69 bits per heavy atom. The van der Waals surface area contributed by atoms with Crippen LogP contribution in [0.2, 0.25) is 5.02 Å². The zero-order chi connectivity index (χ0) is 22.3. The normalized spacial score (nSPS) is 13.7. The number of aliphatic imine (C=N–C) groups is 1. The summed E-state index contributed by atoms with van der Waals surface area (Å²) in [6.07, 6.45) is 1.13. The molecule has 4 rings (SSSR count). The minimum atomic E-state index is -0.885. The molecule has 0 spiro atoms. The van der Waals surface area contributed by atoms with Gasteiger partial charge in [0.2, 0.25) is 5.82 Å². The molecule has 32 heavy (non-hydrogen) atoms. The van der Waals surface area contributed by atoms with Gasteiger partial charge in [0.25, 0.3) is 11.8 Å². The molecule has 0 bridgehead atoms. The van der Waals surface area contributed by atoms with Crippen molar-refractivity contribution in [1.29, 1.82) is 0 Å². The number of nitrogens with one attached hydrogen (secondary N) is 1. The van der Waals surface area contributed by atoms with E-state index >= 15 is 4.39 Å². The molecule has 0 fully saturated rings. The predicted molar refractivity (Wildman–Crippen MR) is 115 cm³/mol. The summed E-state index contributed by atoms with van der Waals surface area (Å²) in [5.41, 5.74) is 3.49. The van der Waals surface area contributed by atoms with Gasteiger partial charge in [-0.05, 0) is 30.3 Å². The van der Waals surface area contributed by atoms with Crippen molar-refractivity contribution in [1.82, 2.24) is 15.4 Å². The first-order valence-corrected chi connectivity index (χ1v) is 9.78. The zero-order valence-corrected chi connectivity index (χ0v) is 17.5. The molecule has 11 heteroatoms. The fraction of sp³-hybridized carbons (Fsp3) is 0.143. The van der Waals surface area contributed by atoms with Gasteiger partial charge in [0.1, 0.15) is 24.9 Å². The molecule has 0 saturated carbocycles. The average Bonchev–Trinajstić information content (AvgIpc) is 2.81. The highest BCUT2D eigenvalue weighted by Gasteiger charge is 2.22. The number of ether oxygens (including phenoxy) is 2. The molecule has 3 aromatic rings. The summed E-state index contributed by atoms with van der Waals surface area (Å²) in [7, 11) is 1.40. The number of amidine groups is 1. The quantitative estimate of drug-likeness (QED) is 0.420. The fourth-order valence-corrected chi connectivity index (χ4v) is 2.95. The molecular formula is C21H17ClFN5O4. The zero-order valence-electron chi connectivity index (χ0n) is 16.8. The highest BCUT2D eigenvalue weighted by atomic mass is 35.5. The van der Waals surface area contributed by atoms with E-state index in [1.54, 1.807) is 42.5 Å². The first-order valence-electron chi connectivity index (χ1n) is 9.40. The lowest BCUT2D eigenvalue weighted by Crippen LogP contribution is -2.37. The lowest BCUT2D eigenvalue weighted by Gasteiger charge is -2.17. The van der Waals surface area contributed by atoms with Gasteiger partial charge in [0.15, 0.2) is 11.5 Å². The number of aromatic nitrogens is 2. The maximum Gasteiger partial charge on any atom is 0.263 e. The Morgan fingerprint density at radius 1 is 1.12 bits per heavy atom. The van der Waals surface area contributed by atoms with Crippen molar-refractivity contribution in [3.63, 3.8) is 0 Å². The van der Waals surface area contributed by atoms with Gasteiger partial charge >= 0.3 is 0 Å². The van der Waals surface area contributed by atoms with E-state index in [1.165, 1.54) is 13.2 Å². The van der Waals surface area contributed by atoms with E-state index in [9.17, 15) is 0 Å². The lowest BCUT2D eigenvalue weighted by molar-refractivity contribution is 0.0836. The van der Waals surface area contributed by atoms with Crippen LogP contribution >= 0.6 is 11.6 Å². The predicted octanol–water partition coefficient (Wildman–Crippen LogP) is 4.14. The standard InChI is InChI=1S/C21H17ClFN5O4/c1-29-27-18(19-24-9-10-30-28-19)15-7-2-3-8-16(15)32-21-17(23)20(25-12-26-21)31-14-6-4-5-13(22)11-14/h2-8,11-12H,9-10H2,1H3,(H,24,28). The Kier molecular flexibility index (Phi) is 6.73. The van der Waals surface area contributed by atoms with E-state index < -0.39 is 5.82 Å². The van der Waals surface area contributed by atoms with Crippen molar-refractivity contribution in [2.24, 2.45) is 10.1 Å². The molecule has 0 radical (unpaired) electrons. The fourth-order valence-electron chi connectivity index (χ4n) is 2.77. The van der Waals surface area contributed by atoms with Gasteiger partial charge in [-0.2, -0.15) is 14.4 Å². The maximum atomic E-state index is 15.1. The molecule has 0 saturated heterocycles. The number of nitrogens with zero attached hydrogens (tertiary/aromatic N) is 4. The molecule has 2 heterocycles. The molecule has 0 amide bonds. The molecule has 0 unspecified atom stereocenters. The first kappa shape index (κ1) is 21.5. The summed E-state index contributed by atoms with van der Waals surface area (Å²) in [6.45, 7) is 0.863. The summed E-state index contributed by atoms with van der Waals surface area (Å²) < 4.78 is 26.3.